The normalized spacial score (nSPS) is 17.5. The van der Waals surface area contributed by atoms with Crippen molar-refractivity contribution in [3.05, 3.63) is 123 Å². The highest BCUT2D eigenvalue weighted by Crippen LogP contribution is 2.38. The number of benzene rings is 4. The van der Waals surface area contributed by atoms with Gasteiger partial charge in [-0.3, -0.25) is 39.0 Å². The number of amides is 6. The van der Waals surface area contributed by atoms with Crippen LogP contribution in [0.25, 0.3) is 0 Å². The number of esters is 1. The van der Waals surface area contributed by atoms with Crippen molar-refractivity contribution in [3.63, 3.8) is 0 Å². The second kappa shape index (κ2) is 23.7. The van der Waals surface area contributed by atoms with Crippen molar-refractivity contribution in [2.75, 3.05) is 33.9 Å². The van der Waals surface area contributed by atoms with Crippen molar-refractivity contribution in [2.45, 2.75) is 129 Å². The van der Waals surface area contributed by atoms with Gasteiger partial charge in [-0.1, -0.05) is 55.8 Å². The van der Waals surface area contributed by atoms with Gasteiger partial charge >= 0.3 is 5.97 Å². The van der Waals surface area contributed by atoms with Gasteiger partial charge in [-0.2, -0.15) is 0 Å². The number of methoxy groups -OCH3 is 2. The summed E-state index contributed by atoms with van der Waals surface area (Å²) in [7, 11) is 3.16. The molecule has 6 amide bonds. The molecule has 4 aromatic carbocycles. The predicted molar refractivity (Wildman–Crippen MR) is 265 cm³/mol. The van der Waals surface area contributed by atoms with Gasteiger partial charge in [-0.05, 0) is 154 Å². The Balaban J connectivity index is 0.934. The van der Waals surface area contributed by atoms with E-state index in [0.717, 1.165) is 52.8 Å². The maximum absolute atomic E-state index is 14.4. The summed E-state index contributed by atoms with van der Waals surface area (Å²) < 4.78 is 23.6. The molecule has 2 saturated heterocycles. The Morgan fingerprint density at radius 1 is 0.775 bits per heavy atom. The van der Waals surface area contributed by atoms with Gasteiger partial charge in [0.25, 0.3) is 17.7 Å². The van der Waals surface area contributed by atoms with Crippen LogP contribution in [0.2, 0.25) is 0 Å². The summed E-state index contributed by atoms with van der Waals surface area (Å²) in [5.74, 6) is -1.89. The van der Waals surface area contributed by atoms with E-state index in [4.69, 9.17) is 18.9 Å². The number of carbonyl (C=O) groups excluding carboxylic acids is 7. The van der Waals surface area contributed by atoms with E-state index in [9.17, 15) is 33.6 Å². The first kappa shape index (κ1) is 51.8. The standard InChI is InChI=1S/C56H66N4O11/c1-7-42(40-29-36(4)51(69-6)48(32-40)68-5)53(64)59-27-12-10-17-46(59)56(67)71-47(24-21-38-19-18-34(2)35(3)28-38)39-15-13-16-41(31-39)70-33-50(62)57-26-11-8-9-14-37-20-22-43-44(30-37)55(66)60(54(43)65)45-23-25-49(61)58-52(45)63/h13,15-16,18-20,22,28-32,42,45-47H,7-12,14,17,21,23-27,33H2,1-6H3,(H,57,62)(H,58,61,63)/t42-,45?,46-,47?/m0/s1. The van der Waals surface area contributed by atoms with Gasteiger partial charge in [0.05, 0.1) is 31.3 Å². The molecule has 0 saturated carbocycles. The van der Waals surface area contributed by atoms with Crippen molar-refractivity contribution in [3.8, 4) is 17.2 Å². The van der Waals surface area contributed by atoms with E-state index >= 15 is 0 Å². The number of nitrogens with one attached hydrogen (secondary N) is 2. The molecule has 2 unspecified atom stereocenters. The molecule has 376 valence electrons. The molecule has 3 heterocycles. The zero-order valence-electron chi connectivity index (χ0n) is 41.7. The van der Waals surface area contributed by atoms with Gasteiger partial charge in [-0.15, -0.1) is 0 Å². The molecule has 3 aliphatic rings. The Bertz CT molecular complexity index is 2660. The molecule has 15 nitrogen and oxygen atoms in total. The van der Waals surface area contributed by atoms with E-state index in [-0.39, 0.29) is 42.4 Å². The second-order valence-corrected chi connectivity index (χ2v) is 18.8. The van der Waals surface area contributed by atoms with Crippen LogP contribution in [0.1, 0.15) is 143 Å². The minimum Gasteiger partial charge on any atom is -0.493 e. The summed E-state index contributed by atoms with van der Waals surface area (Å²) in [5.41, 5.74) is 7.23. The van der Waals surface area contributed by atoms with Crippen molar-refractivity contribution < 1.29 is 52.5 Å². The fourth-order valence-corrected chi connectivity index (χ4v) is 9.88. The fourth-order valence-electron chi connectivity index (χ4n) is 9.88. The van der Waals surface area contributed by atoms with Crippen LogP contribution < -0.4 is 24.8 Å². The van der Waals surface area contributed by atoms with Crippen LogP contribution in [0, 0.1) is 20.8 Å². The molecular formula is C56H66N4O11. The lowest BCUT2D eigenvalue weighted by atomic mass is 9.91. The molecular weight excluding hydrogens is 905 g/mol. The van der Waals surface area contributed by atoms with E-state index < -0.39 is 53.7 Å². The number of aryl methyl sites for hydroxylation is 5. The largest absolute Gasteiger partial charge is 0.493 e. The fraction of sp³-hybridized carbons (Fsp3) is 0.446. The van der Waals surface area contributed by atoms with Crippen molar-refractivity contribution >= 4 is 41.4 Å². The summed E-state index contributed by atoms with van der Waals surface area (Å²) in [6.07, 6.45) is 6.12. The Hall–Kier alpha value is -7.03. The number of piperidine rings is 2. The zero-order chi connectivity index (χ0) is 50.8. The molecule has 0 aliphatic carbocycles. The van der Waals surface area contributed by atoms with Crippen molar-refractivity contribution in [1.82, 2.24) is 20.4 Å². The van der Waals surface area contributed by atoms with Crippen LogP contribution in [0.4, 0.5) is 0 Å². The summed E-state index contributed by atoms with van der Waals surface area (Å²) >= 11 is 0. The average molecular weight is 971 g/mol. The SMILES string of the molecule is CC[C@H](C(=O)N1CCCC[C@H]1C(=O)OC(CCc1ccc(C)c(C)c1)c1cccc(OCC(=O)NCCCCCc2ccc3c(c2)C(=O)N(C2CCC(=O)NC2=O)C3=O)c1)c1cc(C)c(OC)c(OC)c1. The minimum atomic E-state index is -1.01. The third-order valence-electron chi connectivity index (χ3n) is 13.9. The van der Waals surface area contributed by atoms with Gasteiger partial charge in [0.2, 0.25) is 17.7 Å². The summed E-state index contributed by atoms with van der Waals surface area (Å²) in [6, 6.07) is 20.8. The smallest absolute Gasteiger partial charge is 0.329 e. The number of unbranched alkanes of at least 4 members (excludes halogenated alkanes) is 2. The number of hydrogen-bond donors (Lipinski definition) is 2. The number of carbonyl (C=O) groups is 7. The van der Waals surface area contributed by atoms with Crippen LogP contribution >= 0.6 is 0 Å². The molecule has 0 bridgehead atoms. The van der Waals surface area contributed by atoms with Gasteiger partial charge < -0.3 is 29.2 Å². The number of nitrogens with zero attached hydrogens (tertiary/aromatic N) is 2. The van der Waals surface area contributed by atoms with Gasteiger partial charge in [0.15, 0.2) is 18.1 Å². The Morgan fingerprint density at radius 2 is 1.55 bits per heavy atom. The van der Waals surface area contributed by atoms with Crippen LogP contribution in [0.3, 0.4) is 0 Å². The van der Waals surface area contributed by atoms with Gasteiger partial charge in [0, 0.05) is 19.5 Å². The predicted octanol–water partition coefficient (Wildman–Crippen LogP) is 7.73. The minimum absolute atomic E-state index is 0.0595. The van der Waals surface area contributed by atoms with Crippen molar-refractivity contribution in [2.24, 2.45) is 0 Å². The highest BCUT2D eigenvalue weighted by Gasteiger charge is 2.45. The molecule has 2 N–H and O–H groups in total. The highest BCUT2D eigenvalue weighted by molar-refractivity contribution is 6.23. The molecule has 4 atom stereocenters. The van der Waals surface area contributed by atoms with E-state index in [2.05, 4.69) is 42.7 Å². The topological polar surface area (TPSA) is 187 Å². The van der Waals surface area contributed by atoms with E-state index in [1.165, 1.54) is 11.1 Å². The zero-order valence-corrected chi connectivity index (χ0v) is 41.7. The molecule has 15 heteroatoms. The first-order valence-corrected chi connectivity index (χ1v) is 24.8. The lowest BCUT2D eigenvalue weighted by Crippen LogP contribution is -2.54. The Kier molecular flexibility index (Phi) is 17.3. The van der Waals surface area contributed by atoms with E-state index in [0.29, 0.717) is 74.4 Å². The maximum Gasteiger partial charge on any atom is 0.329 e. The monoisotopic (exact) mass is 970 g/mol. The first-order valence-electron chi connectivity index (χ1n) is 24.8. The second-order valence-electron chi connectivity index (χ2n) is 18.8. The Morgan fingerprint density at radius 3 is 2.30 bits per heavy atom. The number of ether oxygens (including phenoxy) is 4. The third-order valence-corrected chi connectivity index (χ3v) is 13.9. The van der Waals surface area contributed by atoms with Crippen molar-refractivity contribution in [1.29, 1.82) is 0 Å². The van der Waals surface area contributed by atoms with Gasteiger partial charge in [-0.25, -0.2) is 4.79 Å². The molecule has 4 aromatic rings. The lowest BCUT2D eigenvalue weighted by molar-refractivity contribution is -0.162. The average Bonchev–Trinajstić information content (AvgIpc) is 3.61. The molecule has 0 spiro atoms. The van der Waals surface area contributed by atoms with Crippen LogP contribution in [-0.2, 0) is 41.6 Å². The molecule has 2 fully saturated rings. The van der Waals surface area contributed by atoms with E-state index in [1.807, 2.05) is 44.2 Å². The number of rotatable bonds is 21. The van der Waals surface area contributed by atoms with Crippen LogP contribution in [0.5, 0.6) is 17.2 Å². The Labute approximate surface area is 415 Å². The quantitative estimate of drug-likeness (QED) is 0.0473. The highest BCUT2D eigenvalue weighted by atomic mass is 16.5. The molecule has 7 rings (SSSR count). The van der Waals surface area contributed by atoms with Crippen LogP contribution in [-0.4, -0.2) is 97.2 Å². The summed E-state index contributed by atoms with van der Waals surface area (Å²) in [6.45, 7) is 8.69. The number of imide groups is 2. The maximum atomic E-state index is 14.4. The third kappa shape index (κ3) is 12.3. The molecule has 3 aliphatic heterocycles. The summed E-state index contributed by atoms with van der Waals surface area (Å²) in [5, 5.41) is 5.13. The lowest BCUT2D eigenvalue weighted by Gasteiger charge is -2.37. The molecule has 0 aromatic heterocycles. The molecule has 0 radical (unpaired) electrons. The van der Waals surface area contributed by atoms with E-state index in [1.54, 1.807) is 43.4 Å². The first-order chi connectivity index (χ1) is 34.2. The van der Waals surface area contributed by atoms with Gasteiger partial charge in [0.1, 0.15) is 23.9 Å². The number of likely N-dealkylation sites (tertiary alicyclic amines) is 1. The number of hydrogen-bond acceptors (Lipinski definition) is 11. The number of fused-ring (bicyclic) bond motifs is 1. The summed E-state index contributed by atoms with van der Waals surface area (Å²) in [4.78, 5) is 94.7. The molecule has 71 heavy (non-hydrogen) atoms. The van der Waals surface area contributed by atoms with Crippen LogP contribution in [0.15, 0.2) is 72.8 Å².